The van der Waals surface area contributed by atoms with Crippen molar-refractivity contribution in [3.05, 3.63) is 53.6 Å². The predicted octanol–water partition coefficient (Wildman–Crippen LogP) is 1.68. The number of aryl methyl sites for hydroxylation is 1. The second-order valence-electron chi connectivity index (χ2n) is 7.01. The number of imide groups is 1. The van der Waals surface area contributed by atoms with Crippen LogP contribution < -0.4 is 25.0 Å². The Morgan fingerprint density at radius 1 is 1.17 bits per heavy atom. The molecule has 3 rings (SSSR count). The van der Waals surface area contributed by atoms with Gasteiger partial charge in [-0.25, -0.2) is 0 Å². The van der Waals surface area contributed by atoms with Crippen LogP contribution in [0.25, 0.3) is 0 Å². The highest BCUT2D eigenvalue weighted by atomic mass is 16.5. The number of anilines is 1. The molecule has 2 N–H and O–H groups in total. The highest BCUT2D eigenvalue weighted by Gasteiger charge is 2.27. The Kier molecular flexibility index (Phi) is 6.72. The number of benzene rings is 2. The number of piperazine rings is 1. The lowest BCUT2D eigenvalue weighted by molar-refractivity contribution is -0.131. The SMILES string of the molecule is COc1ccc(CC(=O)NC(=O)C2CN(c3ccccc3C)CCN2)c(OC)c1. The van der Waals surface area contributed by atoms with Gasteiger partial charge in [-0.3, -0.25) is 14.9 Å². The van der Waals surface area contributed by atoms with Crippen LogP contribution in [0, 0.1) is 6.92 Å². The minimum atomic E-state index is -0.454. The molecule has 154 valence electrons. The van der Waals surface area contributed by atoms with Gasteiger partial charge in [-0.2, -0.15) is 0 Å². The van der Waals surface area contributed by atoms with E-state index in [1.165, 1.54) is 7.11 Å². The Morgan fingerprint density at radius 3 is 2.69 bits per heavy atom. The maximum absolute atomic E-state index is 12.6. The molecule has 7 heteroatoms. The van der Waals surface area contributed by atoms with Gasteiger partial charge in [0.25, 0.3) is 0 Å². The lowest BCUT2D eigenvalue weighted by Crippen LogP contribution is -2.58. The van der Waals surface area contributed by atoms with Gasteiger partial charge in [0.15, 0.2) is 0 Å². The summed E-state index contributed by atoms with van der Waals surface area (Å²) in [6, 6.07) is 12.9. The molecule has 2 aromatic rings. The number of ether oxygens (including phenoxy) is 2. The second kappa shape index (κ2) is 9.43. The molecule has 0 bridgehead atoms. The number of hydrogen-bond donors (Lipinski definition) is 2. The second-order valence-corrected chi connectivity index (χ2v) is 7.01. The topological polar surface area (TPSA) is 79.9 Å². The number of rotatable bonds is 6. The number of nitrogens with one attached hydrogen (secondary N) is 2. The Hall–Kier alpha value is -3.06. The van der Waals surface area contributed by atoms with Gasteiger partial charge >= 0.3 is 0 Å². The number of hydrogen-bond acceptors (Lipinski definition) is 6. The molecule has 1 saturated heterocycles. The largest absolute Gasteiger partial charge is 0.497 e. The van der Waals surface area contributed by atoms with E-state index >= 15 is 0 Å². The highest BCUT2D eigenvalue weighted by Crippen LogP contribution is 2.25. The first kappa shape index (κ1) is 20.7. The van der Waals surface area contributed by atoms with Gasteiger partial charge in [0.05, 0.1) is 20.6 Å². The fraction of sp³-hybridized carbons (Fsp3) is 0.364. The molecule has 1 atom stereocenters. The summed E-state index contributed by atoms with van der Waals surface area (Å²) in [5.41, 5.74) is 2.97. The van der Waals surface area contributed by atoms with E-state index in [1.807, 2.05) is 12.1 Å². The van der Waals surface area contributed by atoms with E-state index in [-0.39, 0.29) is 18.2 Å². The Bertz CT molecular complexity index is 884. The summed E-state index contributed by atoms with van der Waals surface area (Å²) >= 11 is 0. The molecule has 0 saturated carbocycles. The molecule has 2 aromatic carbocycles. The fourth-order valence-corrected chi connectivity index (χ4v) is 3.50. The third-order valence-electron chi connectivity index (χ3n) is 5.06. The molecule has 29 heavy (non-hydrogen) atoms. The van der Waals surface area contributed by atoms with Gasteiger partial charge in [-0.1, -0.05) is 24.3 Å². The van der Waals surface area contributed by atoms with Crippen LogP contribution in [0.1, 0.15) is 11.1 Å². The first-order valence-corrected chi connectivity index (χ1v) is 9.60. The standard InChI is InChI=1S/C22H27N3O4/c1-15-6-4-5-7-19(15)25-11-10-23-18(14-25)22(27)24-21(26)12-16-8-9-17(28-2)13-20(16)29-3/h4-9,13,18,23H,10-12,14H2,1-3H3,(H,24,26,27). The summed E-state index contributed by atoms with van der Waals surface area (Å²) in [6.45, 7) is 4.05. The van der Waals surface area contributed by atoms with Crippen molar-refractivity contribution in [3.63, 3.8) is 0 Å². The van der Waals surface area contributed by atoms with Crippen molar-refractivity contribution in [2.24, 2.45) is 0 Å². The van der Waals surface area contributed by atoms with E-state index in [0.29, 0.717) is 30.2 Å². The molecule has 1 fully saturated rings. The molecule has 0 spiro atoms. The summed E-state index contributed by atoms with van der Waals surface area (Å²) in [6.07, 6.45) is 0.0487. The average Bonchev–Trinajstić information content (AvgIpc) is 2.74. The van der Waals surface area contributed by atoms with Gasteiger partial charge in [0.2, 0.25) is 11.8 Å². The normalized spacial score (nSPS) is 16.2. The van der Waals surface area contributed by atoms with E-state index in [1.54, 1.807) is 25.3 Å². The van der Waals surface area contributed by atoms with Gasteiger partial charge in [0.1, 0.15) is 17.5 Å². The third-order valence-corrected chi connectivity index (χ3v) is 5.06. The van der Waals surface area contributed by atoms with Crippen molar-refractivity contribution in [2.45, 2.75) is 19.4 Å². The Labute approximate surface area is 171 Å². The van der Waals surface area contributed by atoms with E-state index in [9.17, 15) is 9.59 Å². The first-order chi connectivity index (χ1) is 14.0. The van der Waals surface area contributed by atoms with Gasteiger partial charge < -0.3 is 19.7 Å². The van der Waals surface area contributed by atoms with Crippen LogP contribution in [0.4, 0.5) is 5.69 Å². The molecule has 7 nitrogen and oxygen atoms in total. The quantitative estimate of drug-likeness (QED) is 0.772. The summed E-state index contributed by atoms with van der Waals surface area (Å²) < 4.78 is 10.5. The maximum atomic E-state index is 12.6. The van der Waals surface area contributed by atoms with Crippen molar-refractivity contribution in [2.75, 3.05) is 38.8 Å². The average molecular weight is 397 g/mol. The van der Waals surface area contributed by atoms with Crippen LogP contribution in [0.2, 0.25) is 0 Å². The zero-order chi connectivity index (χ0) is 20.8. The van der Waals surface area contributed by atoms with Gasteiger partial charge in [0, 0.05) is 37.0 Å². The maximum Gasteiger partial charge on any atom is 0.245 e. The predicted molar refractivity (Wildman–Crippen MR) is 112 cm³/mol. The molecular formula is C22H27N3O4. The third kappa shape index (κ3) is 5.06. The van der Waals surface area contributed by atoms with E-state index in [4.69, 9.17) is 9.47 Å². The Morgan fingerprint density at radius 2 is 1.97 bits per heavy atom. The van der Waals surface area contributed by atoms with Crippen LogP contribution in [0.15, 0.2) is 42.5 Å². The zero-order valence-electron chi connectivity index (χ0n) is 17.0. The first-order valence-electron chi connectivity index (χ1n) is 9.60. The van der Waals surface area contributed by atoms with Crippen molar-refractivity contribution in [1.82, 2.24) is 10.6 Å². The molecule has 0 aromatic heterocycles. The van der Waals surface area contributed by atoms with Gasteiger partial charge in [-0.05, 0) is 24.6 Å². The number of nitrogens with zero attached hydrogens (tertiary/aromatic N) is 1. The van der Waals surface area contributed by atoms with Crippen LogP contribution in [0.5, 0.6) is 11.5 Å². The van der Waals surface area contributed by atoms with E-state index in [0.717, 1.165) is 17.8 Å². The molecule has 1 heterocycles. The van der Waals surface area contributed by atoms with Crippen LogP contribution in [0.3, 0.4) is 0 Å². The van der Waals surface area contributed by atoms with Crippen molar-refractivity contribution < 1.29 is 19.1 Å². The van der Waals surface area contributed by atoms with Crippen LogP contribution >= 0.6 is 0 Å². The molecule has 0 aliphatic carbocycles. The van der Waals surface area contributed by atoms with E-state index in [2.05, 4.69) is 34.6 Å². The van der Waals surface area contributed by atoms with E-state index < -0.39 is 6.04 Å². The highest BCUT2D eigenvalue weighted by molar-refractivity contribution is 5.99. The lowest BCUT2D eigenvalue weighted by atomic mass is 10.1. The minimum absolute atomic E-state index is 0.0487. The molecule has 1 aliphatic heterocycles. The van der Waals surface area contributed by atoms with Crippen molar-refractivity contribution >= 4 is 17.5 Å². The number of carbonyl (C=O) groups excluding carboxylic acids is 2. The summed E-state index contributed by atoms with van der Waals surface area (Å²) in [4.78, 5) is 27.3. The fourth-order valence-electron chi connectivity index (χ4n) is 3.50. The van der Waals surface area contributed by atoms with Crippen LogP contribution in [-0.2, 0) is 16.0 Å². The molecule has 1 aliphatic rings. The van der Waals surface area contributed by atoms with Crippen molar-refractivity contribution in [1.29, 1.82) is 0 Å². The number of methoxy groups -OCH3 is 2. The summed E-state index contributed by atoms with van der Waals surface area (Å²) in [5.74, 6) is 0.507. The number of para-hydroxylation sites is 1. The summed E-state index contributed by atoms with van der Waals surface area (Å²) in [5, 5.41) is 5.71. The van der Waals surface area contributed by atoms with Gasteiger partial charge in [-0.15, -0.1) is 0 Å². The summed E-state index contributed by atoms with van der Waals surface area (Å²) in [7, 11) is 3.10. The van der Waals surface area contributed by atoms with Crippen molar-refractivity contribution in [3.8, 4) is 11.5 Å². The lowest BCUT2D eigenvalue weighted by Gasteiger charge is -2.35. The van der Waals surface area contributed by atoms with Crippen LogP contribution in [-0.4, -0.2) is 51.7 Å². The minimum Gasteiger partial charge on any atom is -0.497 e. The molecule has 0 radical (unpaired) electrons. The number of amides is 2. The Balaban J connectivity index is 1.61. The molecular weight excluding hydrogens is 370 g/mol. The monoisotopic (exact) mass is 397 g/mol. The zero-order valence-corrected chi connectivity index (χ0v) is 17.0. The molecule has 2 amide bonds. The number of carbonyl (C=O) groups is 2. The molecule has 1 unspecified atom stereocenters. The smallest absolute Gasteiger partial charge is 0.245 e.